The molecule has 0 N–H and O–H groups in total. The Kier molecular flexibility index (Phi) is 8.09. The Morgan fingerprint density at radius 3 is 2.48 bits per heavy atom. The molecule has 0 saturated heterocycles. The lowest BCUT2D eigenvalue weighted by Gasteiger charge is -2.02. The molecule has 0 aliphatic rings. The summed E-state index contributed by atoms with van der Waals surface area (Å²) in [5.74, 6) is 2.20. The largest absolute Gasteiger partial charge is 0.497 e. The normalized spacial score (nSPS) is 12.4. The summed E-state index contributed by atoms with van der Waals surface area (Å²) in [4.78, 5) is 0.814. The van der Waals surface area contributed by atoms with Crippen LogP contribution in [0.15, 0.2) is 64.9 Å². The Bertz CT molecular complexity index is 655. The zero-order valence-corrected chi connectivity index (χ0v) is 15.8. The number of benzene rings is 2. The molecule has 1 unspecified atom stereocenters. The van der Waals surface area contributed by atoms with Crippen molar-refractivity contribution < 1.29 is 8.95 Å². The van der Waals surface area contributed by atoms with Gasteiger partial charge in [-0.1, -0.05) is 51.4 Å². The smallest absolute Gasteiger partial charge is 0.118 e. The highest BCUT2D eigenvalue weighted by atomic mass is 35.5. The van der Waals surface area contributed by atoms with E-state index < -0.39 is 10.8 Å². The van der Waals surface area contributed by atoms with E-state index >= 15 is 0 Å². The number of hydrogen-bond acceptors (Lipinski definition) is 4. The van der Waals surface area contributed by atoms with Crippen molar-refractivity contribution in [1.82, 2.24) is 0 Å². The summed E-state index contributed by atoms with van der Waals surface area (Å²) in [7, 11) is 3.98. The van der Waals surface area contributed by atoms with Crippen molar-refractivity contribution in [3.05, 3.63) is 70.6 Å². The van der Waals surface area contributed by atoms with Crippen LogP contribution in [0.4, 0.5) is 0 Å². The SMILES string of the molecule is COc1ccc(S(=O)C/C=C\SSCc2ccc(Cl)cc2)cc1. The number of halogens is 1. The van der Waals surface area contributed by atoms with Crippen LogP contribution in [0.3, 0.4) is 0 Å². The summed E-state index contributed by atoms with van der Waals surface area (Å²) in [5, 5.41) is 2.74. The molecular formula is C17H17ClO2S3. The second-order valence-corrected chi connectivity index (χ2v) is 8.75. The van der Waals surface area contributed by atoms with Gasteiger partial charge in [-0.3, -0.25) is 4.21 Å². The summed E-state index contributed by atoms with van der Waals surface area (Å²) in [6.07, 6.45) is 1.94. The molecule has 0 aromatic heterocycles. The molecule has 0 aliphatic heterocycles. The molecule has 0 radical (unpaired) electrons. The van der Waals surface area contributed by atoms with Gasteiger partial charge in [0.05, 0.1) is 17.9 Å². The Morgan fingerprint density at radius 2 is 1.83 bits per heavy atom. The highest BCUT2D eigenvalue weighted by molar-refractivity contribution is 8.77. The Hall–Kier alpha value is -0.880. The van der Waals surface area contributed by atoms with Gasteiger partial charge >= 0.3 is 0 Å². The third-order valence-corrected chi connectivity index (χ3v) is 6.46. The zero-order chi connectivity index (χ0) is 16.5. The van der Waals surface area contributed by atoms with Gasteiger partial charge in [0, 0.05) is 21.4 Å². The minimum absolute atomic E-state index is 0.515. The quantitative estimate of drug-likeness (QED) is 0.440. The molecule has 6 heteroatoms. The zero-order valence-electron chi connectivity index (χ0n) is 12.6. The summed E-state index contributed by atoms with van der Waals surface area (Å²) < 4.78 is 17.2. The van der Waals surface area contributed by atoms with Crippen LogP contribution in [0.25, 0.3) is 0 Å². The molecular weight excluding hydrogens is 368 g/mol. The molecule has 2 aromatic rings. The molecule has 0 aliphatic carbocycles. The molecule has 0 saturated carbocycles. The minimum Gasteiger partial charge on any atom is -0.497 e. The number of rotatable bonds is 8. The van der Waals surface area contributed by atoms with E-state index in [4.69, 9.17) is 16.3 Å². The fraction of sp³-hybridized carbons (Fsp3) is 0.176. The molecule has 1 atom stereocenters. The minimum atomic E-state index is -1.02. The van der Waals surface area contributed by atoms with Gasteiger partial charge in [-0.05, 0) is 47.4 Å². The second-order valence-electron chi connectivity index (χ2n) is 4.54. The van der Waals surface area contributed by atoms with E-state index in [0.29, 0.717) is 5.75 Å². The lowest BCUT2D eigenvalue weighted by atomic mass is 10.2. The predicted molar refractivity (Wildman–Crippen MR) is 104 cm³/mol. The van der Waals surface area contributed by atoms with Crippen molar-refractivity contribution in [2.75, 3.05) is 12.9 Å². The average molecular weight is 385 g/mol. The van der Waals surface area contributed by atoms with Crippen LogP contribution in [0.1, 0.15) is 5.56 Å². The summed E-state index contributed by atoms with van der Waals surface area (Å²) in [6.45, 7) is 0. The maximum absolute atomic E-state index is 12.1. The van der Waals surface area contributed by atoms with Gasteiger partial charge in [-0.2, -0.15) is 0 Å². The van der Waals surface area contributed by atoms with Crippen molar-refractivity contribution in [3.8, 4) is 5.75 Å². The predicted octanol–water partition coefficient (Wildman–Crippen LogP) is 5.55. The molecule has 2 aromatic carbocycles. The molecule has 0 spiro atoms. The van der Waals surface area contributed by atoms with Gasteiger partial charge in [-0.15, -0.1) is 0 Å². The lowest BCUT2D eigenvalue weighted by Crippen LogP contribution is -1.94. The van der Waals surface area contributed by atoms with E-state index in [0.717, 1.165) is 21.4 Å². The van der Waals surface area contributed by atoms with Gasteiger partial charge < -0.3 is 4.74 Å². The first-order chi connectivity index (χ1) is 11.2. The van der Waals surface area contributed by atoms with Crippen LogP contribution < -0.4 is 4.74 Å². The maximum atomic E-state index is 12.1. The summed E-state index contributed by atoms with van der Waals surface area (Å²) in [5.41, 5.74) is 1.24. The summed E-state index contributed by atoms with van der Waals surface area (Å²) in [6, 6.07) is 15.2. The third-order valence-electron chi connectivity index (χ3n) is 2.93. The Balaban J connectivity index is 1.69. The van der Waals surface area contributed by atoms with Gasteiger partial charge in [-0.25, -0.2) is 0 Å². The van der Waals surface area contributed by atoms with E-state index in [-0.39, 0.29) is 0 Å². The number of methoxy groups -OCH3 is 1. The van der Waals surface area contributed by atoms with Crippen molar-refractivity contribution in [1.29, 1.82) is 0 Å². The van der Waals surface area contributed by atoms with Crippen LogP contribution in [0.2, 0.25) is 5.02 Å². The molecule has 0 heterocycles. The van der Waals surface area contributed by atoms with Crippen LogP contribution in [0.5, 0.6) is 5.75 Å². The van der Waals surface area contributed by atoms with Gasteiger partial charge in [0.15, 0.2) is 0 Å². The molecule has 0 amide bonds. The van der Waals surface area contributed by atoms with Crippen LogP contribution in [-0.2, 0) is 16.6 Å². The molecule has 2 rings (SSSR count). The maximum Gasteiger partial charge on any atom is 0.118 e. The highest BCUT2D eigenvalue weighted by Crippen LogP contribution is 2.27. The van der Waals surface area contributed by atoms with E-state index in [1.165, 1.54) is 5.56 Å². The molecule has 122 valence electrons. The number of ether oxygens (including phenoxy) is 1. The molecule has 2 nitrogen and oxygen atoms in total. The van der Waals surface area contributed by atoms with E-state index in [1.807, 2.05) is 60.0 Å². The van der Waals surface area contributed by atoms with Crippen molar-refractivity contribution in [2.24, 2.45) is 0 Å². The topological polar surface area (TPSA) is 26.3 Å². The fourth-order valence-corrected chi connectivity index (χ4v) is 4.60. The van der Waals surface area contributed by atoms with Crippen LogP contribution in [-0.4, -0.2) is 17.1 Å². The lowest BCUT2D eigenvalue weighted by molar-refractivity contribution is 0.414. The van der Waals surface area contributed by atoms with Crippen molar-refractivity contribution in [3.63, 3.8) is 0 Å². The molecule has 0 bridgehead atoms. The highest BCUT2D eigenvalue weighted by Gasteiger charge is 2.01. The number of hydrogen-bond donors (Lipinski definition) is 0. The average Bonchev–Trinajstić information content (AvgIpc) is 2.59. The summed E-state index contributed by atoms with van der Waals surface area (Å²) >= 11 is 5.85. The Morgan fingerprint density at radius 1 is 1.13 bits per heavy atom. The standard InChI is InChI=1S/C17H17ClO2S3/c1-20-16-7-9-17(10-8-16)23(19)12-2-11-21-22-13-14-3-5-15(18)6-4-14/h2-11H,12-13H2,1H3/b11-2-. The first kappa shape index (κ1) is 18.5. The van der Waals surface area contributed by atoms with E-state index in [2.05, 4.69) is 0 Å². The van der Waals surface area contributed by atoms with E-state index in [1.54, 1.807) is 28.7 Å². The van der Waals surface area contributed by atoms with Crippen molar-refractivity contribution >= 4 is 44.0 Å². The molecule has 0 fully saturated rings. The second kappa shape index (κ2) is 10.1. The van der Waals surface area contributed by atoms with Gasteiger partial charge in [0.2, 0.25) is 0 Å². The fourth-order valence-electron chi connectivity index (χ4n) is 1.71. The van der Waals surface area contributed by atoms with Crippen molar-refractivity contribution in [2.45, 2.75) is 10.6 Å². The Labute approximate surface area is 152 Å². The van der Waals surface area contributed by atoms with Crippen LogP contribution in [0, 0.1) is 0 Å². The monoisotopic (exact) mass is 384 g/mol. The third kappa shape index (κ3) is 6.63. The van der Waals surface area contributed by atoms with Crippen LogP contribution >= 0.6 is 33.2 Å². The first-order valence-corrected chi connectivity index (χ1v) is 11.0. The van der Waals surface area contributed by atoms with Gasteiger partial charge in [0.1, 0.15) is 5.75 Å². The van der Waals surface area contributed by atoms with E-state index in [9.17, 15) is 4.21 Å². The first-order valence-electron chi connectivity index (χ1n) is 6.89. The van der Waals surface area contributed by atoms with Gasteiger partial charge in [0.25, 0.3) is 0 Å². The molecule has 23 heavy (non-hydrogen) atoms.